The summed E-state index contributed by atoms with van der Waals surface area (Å²) in [6.07, 6.45) is 3.00. The molecule has 0 radical (unpaired) electrons. The van der Waals surface area contributed by atoms with Crippen molar-refractivity contribution in [1.29, 1.82) is 5.26 Å². The molecule has 0 spiro atoms. The number of furan rings is 1. The summed E-state index contributed by atoms with van der Waals surface area (Å²) in [5.41, 5.74) is 0.135. The third-order valence-corrected chi connectivity index (χ3v) is 5.34. The second-order valence-corrected chi connectivity index (χ2v) is 7.37. The van der Waals surface area contributed by atoms with Crippen molar-refractivity contribution in [2.24, 2.45) is 0 Å². The minimum Gasteiger partial charge on any atom is -0.447 e. The molecule has 1 amide bonds. The molecule has 3 rings (SSSR count). The van der Waals surface area contributed by atoms with Crippen LogP contribution >= 0.6 is 11.6 Å². The number of carbonyl (C=O) groups excluding carboxylic acids is 2. The average molecular weight is 389 g/mol. The molecular weight excluding hydrogens is 368 g/mol. The third-order valence-electron chi connectivity index (χ3n) is 5.04. The molecule has 1 atom stereocenters. The van der Waals surface area contributed by atoms with Crippen LogP contribution in [0.2, 0.25) is 5.02 Å². The molecule has 2 aromatic rings. The van der Waals surface area contributed by atoms with E-state index in [2.05, 4.69) is 11.4 Å². The molecular formula is C20H21ClN2O4. The number of hydrogen-bond donors (Lipinski definition) is 1. The first-order chi connectivity index (χ1) is 12.9. The van der Waals surface area contributed by atoms with Gasteiger partial charge in [-0.3, -0.25) is 4.79 Å². The largest absolute Gasteiger partial charge is 0.447 e. The fourth-order valence-electron chi connectivity index (χ4n) is 3.43. The molecule has 1 unspecified atom stereocenters. The second-order valence-electron chi connectivity index (χ2n) is 6.96. The molecule has 1 aliphatic carbocycles. The van der Waals surface area contributed by atoms with Gasteiger partial charge in [-0.2, -0.15) is 5.26 Å². The van der Waals surface area contributed by atoms with Crippen LogP contribution in [-0.2, 0) is 9.53 Å². The summed E-state index contributed by atoms with van der Waals surface area (Å²) in [5.74, 6) is -1.21. The van der Waals surface area contributed by atoms with Crippen molar-refractivity contribution in [2.75, 3.05) is 0 Å². The van der Waals surface area contributed by atoms with E-state index >= 15 is 0 Å². The Kier molecular flexibility index (Phi) is 5.43. The fraction of sp³-hybridized carbons (Fsp3) is 0.450. The zero-order valence-electron chi connectivity index (χ0n) is 15.3. The molecule has 0 saturated heterocycles. The van der Waals surface area contributed by atoms with Crippen molar-refractivity contribution in [1.82, 2.24) is 5.32 Å². The van der Waals surface area contributed by atoms with Crippen LogP contribution in [0.4, 0.5) is 0 Å². The number of nitrogens with one attached hydrogen (secondary N) is 1. The number of rotatable bonds is 4. The molecule has 142 valence electrons. The lowest BCUT2D eigenvalue weighted by Gasteiger charge is -2.32. The highest BCUT2D eigenvalue weighted by Crippen LogP contribution is 2.31. The molecule has 0 bridgehead atoms. The Morgan fingerprint density at radius 3 is 2.67 bits per heavy atom. The van der Waals surface area contributed by atoms with E-state index in [1.54, 1.807) is 25.1 Å². The number of hydrogen-bond acceptors (Lipinski definition) is 5. The lowest BCUT2D eigenvalue weighted by Crippen LogP contribution is -2.52. The number of aryl methyl sites for hydroxylation is 1. The van der Waals surface area contributed by atoms with Crippen molar-refractivity contribution in [3.05, 3.63) is 34.5 Å². The molecule has 1 fully saturated rings. The standard InChI is InChI=1S/C20H21ClN2O4/c1-12-14-7-6-8-15(21)17(14)27-16(12)19(25)26-13(2)18(24)23-20(11-22)9-4-3-5-10-20/h6-8,13H,3-5,9-10H2,1-2H3,(H,23,24). The van der Waals surface area contributed by atoms with Crippen molar-refractivity contribution in [2.45, 2.75) is 57.6 Å². The summed E-state index contributed by atoms with van der Waals surface area (Å²) >= 11 is 6.10. The fourth-order valence-corrected chi connectivity index (χ4v) is 3.64. The van der Waals surface area contributed by atoms with E-state index in [0.29, 0.717) is 29.0 Å². The molecule has 1 N–H and O–H groups in total. The van der Waals surface area contributed by atoms with Gasteiger partial charge in [-0.25, -0.2) is 4.79 Å². The summed E-state index contributed by atoms with van der Waals surface area (Å²) in [7, 11) is 0. The number of benzene rings is 1. The van der Waals surface area contributed by atoms with Gasteiger partial charge in [-0.05, 0) is 32.8 Å². The Hall–Kier alpha value is -2.52. The molecule has 7 heteroatoms. The number of halogens is 1. The van der Waals surface area contributed by atoms with Gasteiger partial charge in [0.15, 0.2) is 11.7 Å². The van der Waals surface area contributed by atoms with Gasteiger partial charge < -0.3 is 14.5 Å². The van der Waals surface area contributed by atoms with Gasteiger partial charge in [-0.1, -0.05) is 43.0 Å². The number of carbonyl (C=O) groups is 2. The zero-order valence-corrected chi connectivity index (χ0v) is 16.1. The minimum absolute atomic E-state index is 0.0189. The molecule has 1 saturated carbocycles. The van der Waals surface area contributed by atoms with Crippen molar-refractivity contribution in [3.8, 4) is 6.07 Å². The maximum Gasteiger partial charge on any atom is 0.375 e. The maximum atomic E-state index is 12.5. The van der Waals surface area contributed by atoms with E-state index in [1.165, 1.54) is 6.92 Å². The topological polar surface area (TPSA) is 92.3 Å². The van der Waals surface area contributed by atoms with Crippen LogP contribution < -0.4 is 5.32 Å². The van der Waals surface area contributed by atoms with Crippen LogP contribution in [0.15, 0.2) is 22.6 Å². The Morgan fingerprint density at radius 2 is 2.04 bits per heavy atom. The number of ether oxygens (including phenoxy) is 1. The number of amides is 1. The van der Waals surface area contributed by atoms with Gasteiger partial charge in [-0.15, -0.1) is 0 Å². The van der Waals surface area contributed by atoms with Gasteiger partial charge in [0, 0.05) is 10.9 Å². The van der Waals surface area contributed by atoms with Crippen molar-refractivity contribution >= 4 is 34.4 Å². The summed E-state index contributed by atoms with van der Waals surface area (Å²) in [5, 5.41) is 13.4. The normalized spacial score (nSPS) is 17.1. The quantitative estimate of drug-likeness (QED) is 0.789. The summed E-state index contributed by atoms with van der Waals surface area (Å²) in [6.45, 7) is 3.21. The van der Waals surface area contributed by atoms with Crippen LogP contribution in [0.5, 0.6) is 0 Å². The highest BCUT2D eigenvalue weighted by atomic mass is 35.5. The van der Waals surface area contributed by atoms with Gasteiger partial charge >= 0.3 is 5.97 Å². The average Bonchev–Trinajstić information content (AvgIpc) is 3.01. The van der Waals surface area contributed by atoms with E-state index in [-0.39, 0.29) is 5.76 Å². The predicted molar refractivity (Wildman–Crippen MR) is 100 cm³/mol. The highest BCUT2D eigenvalue weighted by Gasteiger charge is 2.36. The zero-order chi connectivity index (χ0) is 19.6. The van der Waals surface area contributed by atoms with E-state index in [4.69, 9.17) is 20.8 Å². The predicted octanol–water partition coefficient (Wildman–Crippen LogP) is 4.28. The first kappa shape index (κ1) is 19.2. The Morgan fingerprint density at radius 1 is 1.33 bits per heavy atom. The number of nitrogens with zero attached hydrogens (tertiary/aromatic N) is 1. The molecule has 1 aromatic carbocycles. The van der Waals surface area contributed by atoms with Gasteiger partial charge in [0.1, 0.15) is 5.54 Å². The van der Waals surface area contributed by atoms with Crippen LogP contribution in [0.1, 0.15) is 55.1 Å². The Bertz CT molecular complexity index is 922. The van der Waals surface area contributed by atoms with Crippen molar-refractivity contribution in [3.63, 3.8) is 0 Å². The molecule has 1 heterocycles. The van der Waals surface area contributed by atoms with Gasteiger partial charge in [0.25, 0.3) is 5.91 Å². The molecule has 1 aromatic heterocycles. The van der Waals surface area contributed by atoms with Gasteiger partial charge in [0.2, 0.25) is 5.76 Å². The highest BCUT2D eigenvalue weighted by molar-refractivity contribution is 6.35. The molecule has 1 aliphatic rings. The first-order valence-corrected chi connectivity index (χ1v) is 9.36. The third kappa shape index (κ3) is 3.79. The summed E-state index contributed by atoms with van der Waals surface area (Å²) in [6, 6.07) is 7.45. The molecule has 6 nitrogen and oxygen atoms in total. The molecule has 27 heavy (non-hydrogen) atoms. The van der Waals surface area contributed by atoms with E-state index in [9.17, 15) is 14.9 Å². The van der Waals surface area contributed by atoms with Gasteiger partial charge in [0.05, 0.1) is 11.1 Å². The van der Waals surface area contributed by atoms with Crippen LogP contribution in [0, 0.1) is 18.3 Å². The minimum atomic E-state index is -1.05. The van der Waals surface area contributed by atoms with E-state index < -0.39 is 23.5 Å². The monoisotopic (exact) mass is 388 g/mol. The second kappa shape index (κ2) is 7.61. The van der Waals surface area contributed by atoms with E-state index in [0.717, 1.165) is 24.6 Å². The SMILES string of the molecule is Cc1c(C(=O)OC(C)C(=O)NC2(C#N)CCCCC2)oc2c(Cl)cccc12. The maximum absolute atomic E-state index is 12.5. The van der Waals surface area contributed by atoms with Crippen LogP contribution in [-0.4, -0.2) is 23.5 Å². The van der Waals surface area contributed by atoms with Crippen LogP contribution in [0.3, 0.4) is 0 Å². The first-order valence-electron chi connectivity index (χ1n) is 8.99. The molecule has 0 aliphatic heterocycles. The Labute approximate surface area is 162 Å². The number of para-hydroxylation sites is 1. The lowest BCUT2D eigenvalue weighted by atomic mass is 9.83. The van der Waals surface area contributed by atoms with Crippen LogP contribution in [0.25, 0.3) is 11.0 Å². The Balaban J connectivity index is 1.72. The van der Waals surface area contributed by atoms with Crippen molar-refractivity contribution < 1.29 is 18.7 Å². The number of nitriles is 1. The lowest BCUT2D eigenvalue weighted by molar-refractivity contribution is -0.130. The van der Waals surface area contributed by atoms with E-state index in [1.807, 2.05) is 0 Å². The summed E-state index contributed by atoms with van der Waals surface area (Å²) in [4.78, 5) is 25.0. The smallest absolute Gasteiger partial charge is 0.375 e. The number of esters is 1. The summed E-state index contributed by atoms with van der Waals surface area (Å²) < 4.78 is 10.9. The number of fused-ring (bicyclic) bond motifs is 1.